The maximum absolute atomic E-state index is 6.26. The van der Waals surface area contributed by atoms with E-state index in [2.05, 4.69) is 15.5 Å². The number of rotatable bonds is 6. The third kappa shape index (κ3) is 4.35. The molecule has 0 aliphatic heterocycles. The van der Waals surface area contributed by atoms with Gasteiger partial charge < -0.3 is 9.47 Å². The SMILES string of the molecule is COc1cc(C=NNc2nc(C)cs2)cc(Cl)c1OC(C)C. The van der Waals surface area contributed by atoms with Crippen LogP contribution in [0.5, 0.6) is 11.5 Å². The topological polar surface area (TPSA) is 55.7 Å². The molecule has 1 heterocycles. The van der Waals surface area contributed by atoms with Gasteiger partial charge >= 0.3 is 0 Å². The molecule has 0 aliphatic carbocycles. The lowest BCUT2D eigenvalue weighted by molar-refractivity contribution is 0.230. The normalized spacial score (nSPS) is 11.2. The van der Waals surface area contributed by atoms with Crippen LogP contribution in [0.3, 0.4) is 0 Å². The summed E-state index contributed by atoms with van der Waals surface area (Å²) in [5.41, 5.74) is 4.64. The van der Waals surface area contributed by atoms with Gasteiger partial charge in [0.15, 0.2) is 11.5 Å². The summed E-state index contributed by atoms with van der Waals surface area (Å²) in [7, 11) is 1.58. The molecule has 0 saturated carbocycles. The summed E-state index contributed by atoms with van der Waals surface area (Å²) < 4.78 is 11.0. The molecule has 2 aromatic rings. The molecule has 0 spiro atoms. The van der Waals surface area contributed by atoms with E-state index in [1.807, 2.05) is 32.2 Å². The zero-order valence-electron chi connectivity index (χ0n) is 12.9. The first kappa shape index (κ1) is 16.6. The number of aryl methyl sites for hydroxylation is 1. The summed E-state index contributed by atoms with van der Waals surface area (Å²) in [6.45, 7) is 5.81. The van der Waals surface area contributed by atoms with Gasteiger partial charge in [-0.2, -0.15) is 5.10 Å². The van der Waals surface area contributed by atoms with Crippen molar-refractivity contribution >= 4 is 34.3 Å². The number of ether oxygens (including phenoxy) is 2. The lowest BCUT2D eigenvalue weighted by atomic mass is 10.2. The van der Waals surface area contributed by atoms with Crippen LogP contribution in [0.4, 0.5) is 5.13 Å². The van der Waals surface area contributed by atoms with Crippen molar-refractivity contribution < 1.29 is 9.47 Å². The summed E-state index contributed by atoms with van der Waals surface area (Å²) in [5, 5.41) is 7.33. The molecule has 118 valence electrons. The van der Waals surface area contributed by atoms with E-state index < -0.39 is 0 Å². The number of methoxy groups -OCH3 is 1. The van der Waals surface area contributed by atoms with Gasteiger partial charge in [-0.3, -0.25) is 5.43 Å². The van der Waals surface area contributed by atoms with Crippen LogP contribution >= 0.6 is 22.9 Å². The Bertz CT molecular complexity index is 671. The number of hydrogen-bond donors (Lipinski definition) is 1. The van der Waals surface area contributed by atoms with E-state index in [0.717, 1.165) is 16.4 Å². The van der Waals surface area contributed by atoms with Gasteiger partial charge in [0.25, 0.3) is 0 Å². The zero-order valence-corrected chi connectivity index (χ0v) is 14.5. The highest BCUT2D eigenvalue weighted by molar-refractivity contribution is 7.13. The van der Waals surface area contributed by atoms with E-state index in [4.69, 9.17) is 21.1 Å². The summed E-state index contributed by atoms with van der Waals surface area (Å²) in [6, 6.07) is 3.60. The van der Waals surface area contributed by atoms with Gasteiger partial charge in [-0.1, -0.05) is 11.6 Å². The molecule has 0 aliphatic rings. The third-order valence-electron chi connectivity index (χ3n) is 2.60. The quantitative estimate of drug-likeness (QED) is 0.628. The molecule has 1 aromatic heterocycles. The Labute approximate surface area is 138 Å². The molecule has 0 radical (unpaired) electrons. The molecular formula is C15H18ClN3O2S. The molecule has 22 heavy (non-hydrogen) atoms. The monoisotopic (exact) mass is 339 g/mol. The van der Waals surface area contributed by atoms with Gasteiger partial charge in [0.2, 0.25) is 5.13 Å². The van der Waals surface area contributed by atoms with Crippen LogP contribution in [-0.4, -0.2) is 24.4 Å². The molecule has 2 rings (SSSR count). The van der Waals surface area contributed by atoms with E-state index in [1.165, 1.54) is 11.3 Å². The lowest BCUT2D eigenvalue weighted by Crippen LogP contribution is -2.07. The minimum atomic E-state index is 0.0146. The van der Waals surface area contributed by atoms with Crippen LogP contribution in [-0.2, 0) is 0 Å². The van der Waals surface area contributed by atoms with Crippen LogP contribution in [0.25, 0.3) is 0 Å². The lowest BCUT2D eigenvalue weighted by Gasteiger charge is -2.15. The van der Waals surface area contributed by atoms with Gasteiger partial charge in [0.1, 0.15) is 0 Å². The second-order valence-corrected chi connectivity index (χ2v) is 6.13. The van der Waals surface area contributed by atoms with Gasteiger partial charge in [-0.05, 0) is 38.5 Å². The maximum Gasteiger partial charge on any atom is 0.203 e. The molecule has 1 N–H and O–H groups in total. The second-order valence-electron chi connectivity index (χ2n) is 4.86. The number of halogens is 1. The zero-order chi connectivity index (χ0) is 16.1. The van der Waals surface area contributed by atoms with Gasteiger partial charge in [0, 0.05) is 5.38 Å². The number of nitrogens with zero attached hydrogens (tertiary/aromatic N) is 2. The van der Waals surface area contributed by atoms with E-state index in [1.54, 1.807) is 19.4 Å². The standard InChI is InChI=1S/C15H18ClN3O2S/c1-9(2)21-14-12(16)5-11(6-13(14)20-4)7-17-19-15-18-10(3)8-22-15/h5-9H,1-4H3,(H,18,19). The fraction of sp³-hybridized carbons (Fsp3) is 0.333. The fourth-order valence-corrected chi connectivity index (χ4v) is 2.63. The summed E-state index contributed by atoms with van der Waals surface area (Å²) >= 11 is 7.76. The Kier molecular flexibility index (Phi) is 5.63. The highest BCUT2D eigenvalue weighted by atomic mass is 35.5. The third-order valence-corrected chi connectivity index (χ3v) is 3.74. The average Bonchev–Trinajstić information content (AvgIpc) is 2.86. The molecule has 0 amide bonds. The number of thiazole rings is 1. The number of hydrazone groups is 1. The molecule has 0 saturated heterocycles. The largest absolute Gasteiger partial charge is 0.493 e. The minimum absolute atomic E-state index is 0.0146. The van der Waals surface area contributed by atoms with Crippen molar-refractivity contribution in [3.63, 3.8) is 0 Å². The first-order chi connectivity index (χ1) is 10.5. The maximum atomic E-state index is 6.26. The van der Waals surface area contributed by atoms with Crippen LogP contribution in [0.15, 0.2) is 22.6 Å². The molecular weight excluding hydrogens is 322 g/mol. The summed E-state index contributed by atoms with van der Waals surface area (Å²) in [5.74, 6) is 1.12. The number of nitrogens with one attached hydrogen (secondary N) is 1. The number of aromatic nitrogens is 1. The summed E-state index contributed by atoms with van der Waals surface area (Å²) in [4.78, 5) is 4.26. The van der Waals surface area contributed by atoms with Crippen LogP contribution in [0.2, 0.25) is 5.02 Å². The first-order valence-corrected chi connectivity index (χ1v) is 8.00. The van der Waals surface area contributed by atoms with Crippen molar-refractivity contribution in [2.75, 3.05) is 12.5 Å². The van der Waals surface area contributed by atoms with Crippen molar-refractivity contribution in [2.24, 2.45) is 5.10 Å². The van der Waals surface area contributed by atoms with Crippen LogP contribution in [0, 0.1) is 6.92 Å². The van der Waals surface area contributed by atoms with Gasteiger partial charge in [-0.25, -0.2) is 4.98 Å². The highest BCUT2D eigenvalue weighted by Gasteiger charge is 2.12. The molecule has 5 nitrogen and oxygen atoms in total. The van der Waals surface area contributed by atoms with Crippen molar-refractivity contribution in [1.82, 2.24) is 4.98 Å². The predicted molar refractivity (Wildman–Crippen MR) is 91.8 cm³/mol. The summed E-state index contributed by atoms with van der Waals surface area (Å²) in [6.07, 6.45) is 1.67. The van der Waals surface area contributed by atoms with Crippen molar-refractivity contribution in [1.29, 1.82) is 0 Å². The van der Waals surface area contributed by atoms with Gasteiger partial charge in [-0.15, -0.1) is 11.3 Å². The first-order valence-electron chi connectivity index (χ1n) is 6.75. The van der Waals surface area contributed by atoms with Crippen molar-refractivity contribution in [2.45, 2.75) is 26.9 Å². The second kappa shape index (κ2) is 7.47. The number of hydrogen-bond acceptors (Lipinski definition) is 6. The van der Waals surface area contributed by atoms with E-state index in [0.29, 0.717) is 16.5 Å². The number of benzene rings is 1. The minimum Gasteiger partial charge on any atom is -0.493 e. The van der Waals surface area contributed by atoms with Crippen LogP contribution < -0.4 is 14.9 Å². The van der Waals surface area contributed by atoms with E-state index >= 15 is 0 Å². The van der Waals surface area contributed by atoms with Crippen molar-refractivity contribution in [3.8, 4) is 11.5 Å². The molecule has 0 unspecified atom stereocenters. The Balaban J connectivity index is 2.16. The smallest absolute Gasteiger partial charge is 0.203 e. The van der Waals surface area contributed by atoms with Crippen molar-refractivity contribution in [3.05, 3.63) is 33.8 Å². The Morgan fingerprint density at radius 3 is 2.77 bits per heavy atom. The highest BCUT2D eigenvalue weighted by Crippen LogP contribution is 2.36. The molecule has 0 fully saturated rings. The molecule has 1 aromatic carbocycles. The predicted octanol–water partition coefficient (Wildman–Crippen LogP) is 4.35. The molecule has 7 heteroatoms. The fourth-order valence-electron chi connectivity index (χ4n) is 1.73. The van der Waals surface area contributed by atoms with E-state index in [-0.39, 0.29) is 6.10 Å². The van der Waals surface area contributed by atoms with Crippen LogP contribution in [0.1, 0.15) is 25.1 Å². The van der Waals surface area contributed by atoms with E-state index in [9.17, 15) is 0 Å². The molecule has 0 bridgehead atoms. The number of anilines is 1. The molecule has 0 atom stereocenters. The van der Waals surface area contributed by atoms with Gasteiger partial charge in [0.05, 0.1) is 30.1 Å². The average molecular weight is 340 g/mol. The Morgan fingerprint density at radius 2 is 2.18 bits per heavy atom. The Hall–Kier alpha value is -1.79. The Morgan fingerprint density at radius 1 is 1.41 bits per heavy atom.